The Kier molecular flexibility index (Phi) is 3.19. The standard InChI is InChI=1S/C17H13F2NO4/c1-2-23-17(22)9-7-11-15(14(9)21)24-16-12(19)10(18)6-8-4-3-5-20(11)13(8)16/h3-4,6-8,13H,2,5H2,1H3. The Balaban J connectivity index is 1.79. The van der Waals surface area contributed by atoms with Crippen molar-refractivity contribution >= 4 is 11.8 Å². The number of hydrogen-bond donors (Lipinski definition) is 0. The number of ketones is 1. The van der Waals surface area contributed by atoms with E-state index in [1.165, 1.54) is 12.2 Å². The molecule has 4 aliphatic rings. The van der Waals surface area contributed by atoms with Crippen LogP contribution in [-0.4, -0.2) is 35.8 Å². The number of Topliss-reactive ketones (excluding diaryl/α,β-unsaturated/α-hetero) is 1. The van der Waals surface area contributed by atoms with Gasteiger partial charge in [0.2, 0.25) is 5.78 Å². The number of allylic oxidation sites excluding steroid dienone is 4. The Labute approximate surface area is 136 Å². The molecule has 7 heteroatoms. The monoisotopic (exact) mass is 333 g/mol. The van der Waals surface area contributed by atoms with Gasteiger partial charge >= 0.3 is 5.97 Å². The Hall–Kier alpha value is -2.70. The molecule has 0 fully saturated rings. The Bertz CT molecular complexity index is 818. The lowest BCUT2D eigenvalue weighted by molar-refractivity contribution is -0.139. The van der Waals surface area contributed by atoms with E-state index in [1.807, 2.05) is 6.08 Å². The summed E-state index contributed by atoms with van der Waals surface area (Å²) in [5.41, 5.74) is 0.232. The molecule has 124 valence electrons. The topological polar surface area (TPSA) is 55.8 Å². The van der Waals surface area contributed by atoms with Crippen molar-refractivity contribution in [1.29, 1.82) is 0 Å². The first-order valence-electron chi connectivity index (χ1n) is 7.59. The Morgan fingerprint density at radius 3 is 3.00 bits per heavy atom. The second kappa shape index (κ2) is 5.15. The zero-order valence-electron chi connectivity index (χ0n) is 12.7. The van der Waals surface area contributed by atoms with Gasteiger partial charge in [-0.25, -0.2) is 9.18 Å². The molecule has 2 aliphatic heterocycles. The summed E-state index contributed by atoms with van der Waals surface area (Å²) in [7, 11) is 0. The second-order valence-corrected chi connectivity index (χ2v) is 5.72. The maximum atomic E-state index is 14.2. The van der Waals surface area contributed by atoms with Gasteiger partial charge in [0.05, 0.1) is 12.3 Å². The van der Waals surface area contributed by atoms with Crippen LogP contribution in [0.2, 0.25) is 0 Å². The molecule has 0 N–H and O–H groups in total. The van der Waals surface area contributed by atoms with Crippen LogP contribution in [0.5, 0.6) is 0 Å². The zero-order valence-corrected chi connectivity index (χ0v) is 12.7. The number of carbonyl (C=O) groups is 2. The average Bonchev–Trinajstić information content (AvgIpc) is 2.90. The molecule has 0 amide bonds. The van der Waals surface area contributed by atoms with Gasteiger partial charge in [0.1, 0.15) is 11.6 Å². The van der Waals surface area contributed by atoms with Crippen LogP contribution >= 0.6 is 0 Å². The lowest BCUT2D eigenvalue weighted by Crippen LogP contribution is -2.47. The van der Waals surface area contributed by atoms with E-state index >= 15 is 0 Å². The van der Waals surface area contributed by atoms with Crippen LogP contribution in [0.4, 0.5) is 8.78 Å². The van der Waals surface area contributed by atoms with Crippen LogP contribution < -0.4 is 0 Å². The number of esters is 1. The summed E-state index contributed by atoms with van der Waals surface area (Å²) in [6.45, 7) is 2.15. The molecule has 0 spiro atoms. The minimum Gasteiger partial charge on any atom is -0.462 e. The van der Waals surface area contributed by atoms with Crippen molar-refractivity contribution in [2.45, 2.75) is 13.0 Å². The van der Waals surface area contributed by atoms with Gasteiger partial charge in [0.25, 0.3) is 0 Å². The number of halogens is 2. The van der Waals surface area contributed by atoms with E-state index in [0.29, 0.717) is 12.2 Å². The molecule has 2 unspecified atom stereocenters. The fraction of sp³-hybridized carbons (Fsp3) is 0.294. The minimum atomic E-state index is -1.11. The molecule has 2 atom stereocenters. The van der Waals surface area contributed by atoms with Crippen LogP contribution in [0.3, 0.4) is 0 Å². The van der Waals surface area contributed by atoms with E-state index in [4.69, 9.17) is 9.47 Å². The first-order chi connectivity index (χ1) is 11.5. The summed E-state index contributed by atoms with van der Waals surface area (Å²) < 4.78 is 38.3. The maximum Gasteiger partial charge on any atom is 0.342 e. The normalized spacial score (nSPS) is 27.5. The number of carbonyl (C=O) groups excluding carboxylic acids is 2. The molecule has 2 heterocycles. The molecular weight excluding hydrogens is 320 g/mol. The van der Waals surface area contributed by atoms with Crippen molar-refractivity contribution < 1.29 is 27.8 Å². The van der Waals surface area contributed by atoms with E-state index in [0.717, 1.165) is 0 Å². The zero-order chi connectivity index (χ0) is 17.0. The van der Waals surface area contributed by atoms with Gasteiger partial charge in [-0.1, -0.05) is 12.2 Å². The summed E-state index contributed by atoms with van der Waals surface area (Å²) in [4.78, 5) is 26.1. The predicted octanol–water partition coefficient (Wildman–Crippen LogP) is 2.21. The number of hydrogen-bond acceptors (Lipinski definition) is 5. The fourth-order valence-corrected chi connectivity index (χ4v) is 3.35. The summed E-state index contributed by atoms with van der Waals surface area (Å²) in [5.74, 6) is -4.35. The summed E-state index contributed by atoms with van der Waals surface area (Å²) >= 11 is 0. The third-order valence-corrected chi connectivity index (χ3v) is 4.38. The van der Waals surface area contributed by atoms with Crippen molar-refractivity contribution in [3.05, 3.63) is 58.7 Å². The highest BCUT2D eigenvalue weighted by molar-refractivity contribution is 6.26. The lowest BCUT2D eigenvalue weighted by atomic mass is 9.87. The molecule has 0 aromatic rings. The predicted molar refractivity (Wildman–Crippen MR) is 78.3 cm³/mol. The lowest BCUT2D eigenvalue weighted by Gasteiger charge is -2.44. The summed E-state index contributed by atoms with van der Waals surface area (Å²) in [5, 5.41) is 0. The number of fused-ring (bicyclic) bond motifs is 1. The summed E-state index contributed by atoms with van der Waals surface area (Å²) in [6, 6.07) is -0.571. The van der Waals surface area contributed by atoms with Gasteiger partial charge < -0.3 is 14.4 Å². The first-order valence-corrected chi connectivity index (χ1v) is 7.59. The quantitative estimate of drug-likeness (QED) is 0.441. The van der Waals surface area contributed by atoms with Gasteiger partial charge in [0, 0.05) is 12.5 Å². The molecule has 5 nitrogen and oxygen atoms in total. The Morgan fingerprint density at radius 1 is 1.46 bits per heavy atom. The molecule has 2 aliphatic carbocycles. The van der Waals surface area contributed by atoms with Gasteiger partial charge in [-0.3, -0.25) is 4.79 Å². The van der Waals surface area contributed by atoms with Crippen LogP contribution in [-0.2, 0) is 19.1 Å². The van der Waals surface area contributed by atoms with Gasteiger partial charge in [-0.05, 0) is 19.1 Å². The molecule has 0 aromatic heterocycles. The molecular formula is C17H13F2NO4. The molecule has 0 bridgehead atoms. The number of ether oxygens (including phenoxy) is 2. The van der Waals surface area contributed by atoms with Gasteiger partial charge in [-0.15, -0.1) is 0 Å². The molecule has 4 rings (SSSR count). The average molecular weight is 333 g/mol. The van der Waals surface area contributed by atoms with Crippen molar-refractivity contribution in [1.82, 2.24) is 4.90 Å². The largest absolute Gasteiger partial charge is 0.462 e. The highest BCUT2D eigenvalue weighted by Crippen LogP contribution is 2.45. The minimum absolute atomic E-state index is 0.126. The Morgan fingerprint density at radius 2 is 2.25 bits per heavy atom. The van der Waals surface area contributed by atoms with E-state index in [-0.39, 0.29) is 23.7 Å². The van der Waals surface area contributed by atoms with Crippen molar-refractivity contribution in [3.63, 3.8) is 0 Å². The molecule has 0 saturated heterocycles. The van der Waals surface area contributed by atoms with Crippen LogP contribution in [0.1, 0.15) is 6.92 Å². The van der Waals surface area contributed by atoms with Crippen molar-refractivity contribution in [2.24, 2.45) is 5.92 Å². The van der Waals surface area contributed by atoms with Gasteiger partial charge in [0.15, 0.2) is 23.2 Å². The van der Waals surface area contributed by atoms with Gasteiger partial charge in [-0.2, -0.15) is 4.39 Å². The smallest absolute Gasteiger partial charge is 0.342 e. The summed E-state index contributed by atoms with van der Waals surface area (Å²) in [6.07, 6.45) is 6.17. The number of rotatable bonds is 2. The van der Waals surface area contributed by atoms with Crippen molar-refractivity contribution in [2.75, 3.05) is 13.2 Å². The van der Waals surface area contributed by atoms with Crippen molar-refractivity contribution in [3.8, 4) is 0 Å². The van der Waals surface area contributed by atoms with Crippen LogP contribution in [0.25, 0.3) is 0 Å². The molecule has 0 saturated carbocycles. The third kappa shape index (κ3) is 1.90. The van der Waals surface area contributed by atoms with E-state index in [1.54, 1.807) is 17.9 Å². The maximum absolute atomic E-state index is 14.2. The SMILES string of the molecule is CCOC(=O)C1=CC2=C(OC3=C(F)C(F)=CC4C=CCN2C34)C1=O. The second-order valence-electron chi connectivity index (χ2n) is 5.72. The van der Waals surface area contributed by atoms with E-state index < -0.39 is 35.4 Å². The third-order valence-electron chi connectivity index (χ3n) is 4.38. The first kappa shape index (κ1) is 14.9. The highest BCUT2D eigenvalue weighted by Gasteiger charge is 2.48. The molecule has 0 radical (unpaired) electrons. The molecule has 0 aromatic carbocycles. The fourth-order valence-electron chi connectivity index (χ4n) is 3.35. The van der Waals surface area contributed by atoms with E-state index in [9.17, 15) is 18.4 Å². The molecule has 24 heavy (non-hydrogen) atoms. The number of nitrogens with zero attached hydrogens (tertiary/aromatic N) is 1. The van der Waals surface area contributed by atoms with Crippen LogP contribution in [0, 0.1) is 5.92 Å². The van der Waals surface area contributed by atoms with Crippen LogP contribution in [0.15, 0.2) is 58.7 Å². The van der Waals surface area contributed by atoms with E-state index in [2.05, 4.69) is 0 Å². The highest BCUT2D eigenvalue weighted by atomic mass is 19.2.